The fourth-order valence-electron chi connectivity index (χ4n) is 3.19. The van der Waals surface area contributed by atoms with Gasteiger partial charge in [0, 0.05) is 16.0 Å². The second-order valence-corrected chi connectivity index (χ2v) is 8.06. The number of aromatic nitrogens is 2. The van der Waals surface area contributed by atoms with Gasteiger partial charge in [-0.25, -0.2) is 4.98 Å². The summed E-state index contributed by atoms with van der Waals surface area (Å²) in [5.74, 6) is 0.211. The highest BCUT2D eigenvalue weighted by molar-refractivity contribution is 7.17. The summed E-state index contributed by atoms with van der Waals surface area (Å²) in [7, 11) is 1.54. The Kier molecular flexibility index (Phi) is 5.57. The number of hydrogen-bond acceptors (Lipinski definition) is 5. The molecule has 8 heteroatoms. The second-order valence-electron chi connectivity index (χ2n) is 6.77. The molecule has 2 aromatic carbocycles. The van der Waals surface area contributed by atoms with Gasteiger partial charge in [-0.3, -0.25) is 14.2 Å². The summed E-state index contributed by atoms with van der Waals surface area (Å²) in [6.07, 6.45) is 1.40. The second kappa shape index (κ2) is 8.30. The average Bonchev–Trinajstić information content (AvgIpc) is 3.16. The molecule has 152 valence electrons. The van der Waals surface area contributed by atoms with E-state index in [2.05, 4.69) is 10.3 Å². The predicted molar refractivity (Wildman–Crippen MR) is 121 cm³/mol. The zero-order valence-electron chi connectivity index (χ0n) is 16.3. The minimum Gasteiger partial charge on any atom is -0.495 e. The van der Waals surface area contributed by atoms with Crippen LogP contribution in [0.25, 0.3) is 21.3 Å². The number of methoxy groups -OCH3 is 1. The summed E-state index contributed by atoms with van der Waals surface area (Å²) in [5, 5.41) is 5.82. The van der Waals surface area contributed by atoms with Crippen LogP contribution in [0.5, 0.6) is 5.75 Å². The third kappa shape index (κ3) is 3.94. The number of carbonyl (C=O) groups excluding carboxylic acids is 1. The van der Waals surface area contributed by atoms with Gasteiger partial charge in [-0.15, -0.1) is 11.3 Å². The number of rotatable bonds is 5. The van der Waals surface area contributed by atoms with Gasteiger partial charge >= 0.3 is 0 Å². The van der Waals surface area contributed by atoms with E-state index in [1.54, 1.807) is 18.2 Å². The maximum atomic E-state index is 13.1. The zero-order valence-corrected chi connectivity index (χ0v) is 17.9. The van der Waals surface area contributed by atoms with E-state index in [1.807, 2.05) is 36.6 Å². The predicted octanol–water partition coefficient (Wildman–Crippen LogP) is 4.73. The molecule has 0 aliphatic carbocycles. The first-order valence-corrected chi connectivity index (χ1v) is 10.4. The SMILES string of the molecule is COc1ccc(C)cc1NC(=O)Cn1cnc2scc(-c3ccc(Cl)cc3)c2c1=O. The van der Waals surface area contributed by atoms with Gasteiger partial charge in [-0.05, 0) is 42.3 Å². The summed E-state index contributed by atoms with van der Waals surface area (Å²) < 4.78 is 6.60. The molecule has 0 bridgehead atoms. The van der Waals surface area contributed by atoms with Crippen LogP contribution in [0.3, 0.4) is 0 Å². The van der Waals surface area contributed by atoms with E-state index >= 15 is 0 Å². The van der Waals surface area contributed by atoms with Crippen molar-refractivity contribution in [3.8, 4) is 16.9 Å². The Hall–Kier alpha value is -3.16. The number of nitrogens with zero attached hydrogens (tertiary/aromatic N) is 2. The zero-order chi connectivity index (χ0) is 21.3. The summed E-state index contributed by atoms with van der Waals surface area (Å²) in [6.45, 7) is 1.76. The van der Waals surface area contributed by atoms with Crippen molar-refractivity contribution in [2.24, 2.45) is 0 Å². The van der Waals surface area contributed by atoms with Crippen molar-refractivity contribution in [2.45, 2.75) is 13.5 Å². The smallest absolute Gasteiger partial charge is 0.263 e. The number of aryl methyl sites for hydroxylation is 1. The molecule has 0 unspecified atom stereocenters. The first-order valence-electron chi connectivity index (χ1n) is 9.13. The highest BCUT2D eigenvalue weighted by Crippen LogP contribution is 2.31. The molecule has 4 rings (SSSR count). The molecule has 1 amide bonds. The molecular formula is C22H18ClN3O3S. The third-order valence-electron chi connectivity index (χ3n) is 4.66. The number of ether oxygens (including phenoxy) is 1. The molecule has 4 aromatic rings. The molecule has 2 aromatic heterocycles. The molecular weight excluding hydrogens is 422 g/mol. The molecule has 2 heterocycles. The molecule has 0 spiro atoms. The first kappa shape index (κ1) is 20.1. The standard InChI is InChI=1S/C22H18ClN3O3S/c1-13-3-8-18(29-2)17(9-13)25-19(27)10-26-12-24-21-20(22(26)28)16(11-30-21)14-4-6-15(23)7-5-14/h3-9,11-12H,10H2,1-2H3,(H,25,27). The topological polar surface area (TPSA) is 73.2 Å². The van der Waals surface area contributed by atoms with Crippen molar-refractivity contribution in [1.82, 2.24) is 9.55 Å². The average molecular weight is 440 g/mol. The normalized spacial score (nSPS) is 10.9. The monoisotopic (exact) mass is 439 g/mol. The van der Waals surface area contributed by atoms with Gasteiger partial charge in [0.1, 0.15) is 17.1 Å². The Morgan fingerprint density at radius 1 is 1.23 bits per heavy atom. The van der Waals surface area contributed by atoms with Crippen molar-refractivity contribution in [1.29, 1.82) is 0 Å². The number of benzene rings is 2. The van der Waals surface area contributed by atoms with Crippen LogP contribution in [0.2, 0.25) is 5.02 Å². The fourth-order valence-corrected chi connectivity index (χ4v) is 4.22. The van der Waals surface area contributed by atoms with E-state index in [9.17, 15) is 9.59 Å². The van der Waals surface area contributed by atoms with Crippen molar-refractivity contribution in [3.05, 3.63) is 75.1 Å². The van der Waals surface area contributed by atoms with Crippen LogP contribution in [0.4, 0.5) is 5.69 Å². The van der Waals surface area contributed by atoms with Gasteiger partial charge in [0.25, 0.3) is 5.56 Å². The van der Waals surface area contributed by atoms with Crippen LogP contribution in [-0.4, -0.2) is 22.6 Å². The van der Waals surface area contributed by atoms with Gasteiger partial charge < -0.3 is 10.1 Å². The summed E-state index contributed by atoms with van der Waals surface area (Å²) in [4.78, 5) is 30.7. The highest BCUT2D eigenvalue weighted by atomic mass is 35.5. The van der Waals surface area contributed by atoms with Crippen molar-refractivity contribution < 1.29 is 9.53 Å². The number of anilines is 1. The minimum atomic E-state index is -0.342. The first-order chi connectivity index (χ1) is 14.5. The molecule has 30 heavy (non-hydrogen) atoms. The van der Waals surface area contributed by atoms with E-state index in [1.165, 1.54) is 29.3 Å². The van der Waals surface area contributed by atoms with E-state index in [-0.39, 0.29) is 18.0 Å². The Labute approximate surface area is 181 Å². The van der Waals surface area contributed by atoms with Crippen LogP contribution in [-0.2, 0) is 11.3 Å². The molecule has 6 nitrogen and oxygen atoms in total. The van der Waals surface area contributed by atoms with Crippen LogP contribution in [0.15, 0.2) is 59.0 Å². The fraction of sp³-hybridized carbons (Fsp3) is 0.136. The molecule has 0 atom stereocenters. The summed E-state index contributed by atoms with van der Waals surface area (Å²) in [5.41, 5.74) is 2.92. The summed E-state index contributed by atoms with van der Waals surface area (Å²) >= 11 is 7.36. The van der Waals surface area contributed by atoms with Crippen LogP contribution < -0.4 is 15.6 Å². The van der Waals surface area contributed by atoms with Gasteiger partial charge in [-0.2, -0.15) is 0 Å². The molecule has 0 aliphatic rings. The van der Waals surface area contributed by atoms with E-state index in [4.69, 9.17) is 16.3 Å². The molecule has 0 radical (unpaired) electrons. The number of thiophene rings is 1. The molecule has 0 saturated heterocycles. The van der Waals surface area contributed by atoms with Crippen molar-refractivity contribution in [2.75, 3.05) is 12.4 Å². The maximum Gasteiger partial charge on any atom is 0.263 e. The van der Waals surface area contributed by atoms with Gasteiger partial charge in [0.05, 0.1) is 24.5 Å². The van der Waals surface area contributed by atoms with Crippen molar-refractivity contribution >= 4 is 44.7 Å². The van der Waals surface area contributed by atoms with Crippen LogP contribution >= 0.6 is 22.9 Å². The highest BCUT2D eigenvalue weighted by Gasteiger charge is 2.15. The van der Waals surface area contributed by atoms with Crippen LogP contribution in [0.1, 0.15) is 5.56 Å². The van der Waals surface area contributed by atoms with E-state index in [0.29, 0.717) is 26.7 Å². The maximum absolute atomic E-state index is 13.1. The van der Waals surface area contributed by atoms with Crippen molar-refractivity contribution in [3.63, 3.8) is 0 Å². The number of halogens is 1. The quantitative estimate of drug-likeness (QED) is 0.487. The third-order valence-corrected chi connectivity index (χ3v) is 5.80. The Morgan fingerprint density at radius 3 is 2.73 bits per heavy atom. The van der Waals surface area contributed by atoms with Crippen LogP contribution in [0, 0.1) is 6.92 Å². The Morgan fingerprint density at radius 2 is 2.00 bits per heavy atom. The van der Waals surface area contributed by atoms with Gasteiger partial charge in [-0.1, -0.05) is 29.8 Å². The van der Waals surface area contributed by atoms with Gasteiger partial charge in [0.15, 0.2) is 0 Å². The molecule has 0 fully saturated rings. The number of hydrogen-bond donors (Lipinski definition) is 1. The van der Waals surface area contributed by atoms with E-state index < -0.39 is 0 Å². The lowest BCUT2D eigenvalue weighted by Crippen LogP contribution is -2.28. The molecule has 1 N–H and O–H groups in total. The lowest BCUT2D eigenvalue weighted by molar-refractivity contribution is -0.116. The summed E-state index contributed by atoms with van der Waals surface area (Å²) in [6, 6.07) is 12.8. The Bertz CT molecular complexity index is 1300. The van der Waals surface area contributed by atoms with Gasteiger partial charge in [0.2, 0.25) is 5.91 Å². The Balaban J connectivity index is 1.65. The van der Waals surface area contributed by atoms with E-state index in [0.717, 1.165) is 16.7 Å². The molecule has 0 aliphatic heterocycles. The number of nitrogens with one attached hydrogen (secondary N) is 1. The lowest BCUT2D eigenvalue weighted by atomic mass is 10.1. The molecule has 0 saturated carbocycles. The number of amides is 1. The largest absolute Gasteiger partial charge is 0.495 e. The number of fused-ring (bicyclic) bond motifs is 1. The minimum absolute atomic E-state index is 0.158. The lowest BCUT2D eigenvalue weighted by Gasteiger charge is -2.12. The number of carbonyl (C=O) groups is 1.